The van der Waals surface area contributed by atoms with E-state index >= 15 is 0 Å². The molecule has 0 radical (unpaired) electrons. The van der Waals surface area contributed by atoms with Gasteiger partial charge in [0.15, 0.2) is 0 Å². The third kappa shape index (κ3) is 2.54. The van der Waals surface area contributed by atoms with E-state index in [9.17, 15) is 4.79 Å². The highest BCUT2D eigenvalue weighted by atomic mass is 16.5. The van der Waals surface area contributed by atoms with E-state index < -0.39 is 0 Å². The lowest BCUT2D eigenvalue weighted by atomic mass is 10.1. The number of para-hydroxylation sites is 2. The molecule has 1 amide bonds. The monoisotopic (exact) mass is 309 g/mol. The Hall–Kier alpha value is -2.49. The number of methoxy groups -OCH3 is 1. The molecule has 4 rings (SSSR count). The van der Waals surface area contributed by atoms with Crippen LogP contribution in [0, 0.1) is 5.92 Å². The van der Waals surface area contributed by atoms with E-state index in [1.807, 2.05) is 41.3 Å². The number of carbonyl (C=O) groups is 1. The Labute approximate surface area is 135 Å². The molecular weight excluding hydrogens is 290 g/mol. The second-order valence-electron chi connectivity index (χ2n) is 6.03. The van der Waals surface area contributed by atoms with Crippen LogP contribution >= 0.6 is 0 Å². The van der Waals surface area contributed by atoms with Crippen LogP contribution in [-0.4, -0.2) is 26.2 Å². The van der Waals surface area contributed by atoms with Gasteiger partial charge in [0.2, 0.25) is 5.91 Å². The summed E-state index contributed by atoms with van der Waals surface area (Å²) in [5, 5.41) is 0. The lowest BCUT2D eigenvalue weighted by Crippen LogP contribution is -2.39. The lowest BCUT2D eigenvalue weighted by Gasteiger charge is -2.29. The van der Waals surface area contributed by atoms with Gasteiger partial charge in [0, 0.05) is 5.92 Å². The third-order valence-electron chi connectivity index (χ3n) is 4.65. The van der Waals surface area contributed by atoms with E-state index in [1.165, 1.54) is 5.56 Å². The van der Waals surface area contributed by atoms with Gasteiger partial charge in [-0.1, -0.05) is 24.3 Å². The minimum atomic E-state index is 0.0783. The normalized spacial score (nSPS) is 22.0. The number of rotatable bonds is 3. The molecule has 0 saturated heterocycles. The van der Waals surface area contributed by atoms with Gasteiger partial charge in [-0.25, -0.2) is 0 Å². The Morgan fingerprint density at radius 2 is 1.96 bits per heavy atom. The van der Waals surface area contributed by atoms with Gasteiger partial charge in [-0.05, 0) is 42.2 Å². The summed E-state index contributed by atoms with van der Waals surface area (Å²) >= 11 is 0. The molecule has 0 bridgehead atoms. The summed E-state index contributed by atoms with van der Waals surface area (Å²) in [4.78, 5) is 14.8. The summed E-state index contributed by atoms with van der Waals surface area (Å²) in [6.45, 7) is 1.18. The van der Waals surface area contributed by atoms with E-state index in [-0.39, 0.29) is 11.8 Å². The van der Waals surface area contributed by atoms with E-state index in [2.05, 4.69) is 12.1 Å². The first-order valence-electron chi connectivity index (χ1n) is 7.95. The van der Waals surface area contributed by atoms with Gasteiger partial charge in [-0.3, -0.25) is 4.79 Å². The molecule has 1 heterocycles. The molecular formula is C19H19NO3. The fourth-order valence-electron chi connectivity index (χ4n) is 3.29. The zero-order valence-electron chi connectivity index (χ0n) is 13.1. The molecule has 0 spiro atoms. The minimum Gasteiger partial charge on any atom is -0.497 e. The Morgan fingerprint density at radius 1 is 1.17 bits per heavy atom. The van der Waals surface area contributed by atoms with Crippen molar-refractivity contribution in [1.82, 2.24) is 0 Å². The van der Waals surface area contributed by atoms with Crippen molar-refractivity contribution in [3.05, 3.63) is 54.1 Å². The predicted octanol–water partition coefficient (Wildman–Crippen LogP) is 3.22. The van der Waals surface area contributed by atoms with E-state index in [1.54, 1.807) is 7.11 Å². The van der Waals surface area contributed by atoms with Crippen LogP contribution in [0.3, 0.4) is 0 Å². The Bertz CT molecular complexity index is 726. The van der Waals surface area contributed by atoms with Crippen molar-refractivity contribution in [2.45, 2.75) is 12.3 Å². The molecule has 2 atom stereocenters. The van der Waals surface area contributed by atoms with Crippen LogP contribution in [0.4, 0.5) is 5.69 Å². The van der Waals surface area contributed by atoms with Crippen molar-refractivity contribution in [3.63, 3.8) is 0 Å². The zero-order chi connectivity index (χ0) is 15.8. The number of nitrogens with zero attached hydrogens (tertiary/aromatic N) is 1. The average molecular weight is 309 g/mol. The first kappa shape index (κ1) is 14.1. The summed E-state index contributed by atoms with van der Waals surface area (Å²) in [5.41, 5.74) is 2.11. The predicted molar refractivity (Wildman–Crippen MR) is 88.1 cm³/mol. The fourth-order valence-corrected chi connectivity index (χ4v) is 3.29. The maximum Gasteiger partial charge on any atom is 0.230 e. The number of carbonyl (C=O) groups excluding carboxylic acids is 1. The van der Waals surface area contributed by atoms with Gasteiger partial charge in [0.1, 0.15) is 18.1 Å². The number of ether oxygens (including phenoxy) is 2. The van der Waals surface area contributed by atoms with Crippen LogP contribution in [-0.2, 0) is 4.79 Å². The second kappa shape index (κ2) is 5.61. The van der Waals surface area contributed by atoms with Crippen molar-refractivity contribution in [2.24, 2.45) is 5.92 Å². The van der Waals surface area contributed by atoms with Crippen LogP contribution in [0.15, 0.2) is 48.5 Å². The van der Waals surface area contributed by atoms with Gasteiger partial charge in [0.05, 0.1) is 19.3 Å². The molecule has 1 aliphatic carbocycles. The molecule has 23 heavy (non-hydrogen) atoms. The van der Waals surface area contributed by atoms with Crippen LogP contribution in [0.5, 0.6) is 11.5 Å². The van der Waals surface area contributed by atoms with Crippen molar-refractivity contribution < 1.29 is 14.3 Å². The van der Waals surface area contributed by atoms with Crippen LogP contribution in [0.1, 0.15) is 17.9 Å². The van der Waals surface area contributed by atoms with Crippen LogP contribution in [0.2, 0.25) is 0 Å². The summed E-state index contributed by atoms with van der Waals surface area (Å²) in [6, 6.07) is 15.8. The van der Waals surface area contributed by atoms with Crippen molar-refractivity contribution in [2.75, 3.05) is 25.2 Å². The molecule has 2 aromatic carbocycles. The maximum atomic E-state index is 12.9. The van der Waals surface area contributed by atoms with Crippen molar-refractivity contribution in [3.8, 4) is 11.5 Å². The molecule has 4 nitrogen and oxygen atoms in total. The molecule has 2 aromatic rings. The van der Waals surface area contributed by atoms with Crippen LogP contribution < -0.4 is 14.4 Å². The maximum absolute atomic E-state index is 12.9. The molecule has 118 valence electrons. The van der Waals surface area contributed by atoms with Gasteiger partial charge >= 0.3 is 0 Å². The number of hydrogen-bond donors (Lipinski definition) is 0. The summed E-state index contributed by atoms with van der Waals surface area (Å²) in [7, 11) is 1.66. The number of amides is 1. The molecule has 0 aromatic heterocycles. The minimum absolute atomic E-state index is 0.0783. The van der Waals surface area contributed by atoms with Gasteiger partial charge in [0.25, 0.3) is 0 Å². The molecule has 4 heteroatoms. The summed E-state index contributed by atoms with van der Waals surface area (Å²) in [6.07, 6.45) is 0.921. The Balaban J connectivity index is 1.51. The van der Waals surface area contributed by atoms with Gasteiger partial charge in [-0.15, -0.1) is 0 Å². The highest BCUT2D eigenvalue weighted by molar-refractivity contribution is 5.99. The average Bonchev–Trinajstić information content (AvgIpc) is 3.41. The van der Waals surface area contributed by atoms with Gasteiger partial charge < -0.3 is 14.4 Å². The number of benzene rings is 2. The van der Waals surface area contributed by atoms with E-state index in [0.29, 0.717) is 19.1 Å². The molecule has 2 aliphatic rings. The summed E-state index contributed by atoms with van der Waals surface area (Å²) < 4.78 is 10.8. The Kier molecular flexibility index (Phi) is 3.45. The van der Waals surface area contributed by atoms with Gasteiger partial charge in [-0.2, -0.15) is 0 Å². The van der Waals surface area contributed by atoms with E-state index in [4.69, 9.17) is 9.47 Å². The largest absolute Gasteiger partial charge is 0.497 e. The highest BCUT2D eigenvalue weighted by Crippen LogP contribution is 2.49. The Morgan fingerprint density at radius 3 is 2.74 bits per heavy atom. The number of hydrogen-bond acceptors (Lipinski definition) is 3. The molecule has 0 N–H and O–H groups in total. The quantitative estimate of drug-likeness (QED) is 0.874. The topological polar surface area (TPSA) is 38.8 Å². The van der Waals surface area contributed by atoms with Crippen molar-refractivity contribution in [1.29, 1.82) is 0 Å². The summed E-state index contributed by atoms with van der Waals surface area (Å²) in [5.74, 6) is 2.26. The lowest BCUT2D eigenvalue weighted by molar-refractivity contribution is -0.120. The zero-order valence-corrected chi connectivity index (χ0v) is 13.1. The smallest absolute Gasteiger partial charge is 0.230 e. The molecule has 1 fully saturated rings. The fraction of sp³-hybridized carbons (Fsp3) is 0.316. The number of fused-ring (bicyclic) bond motifs is 1. The highest BCUT2D eigenvalue weighted by Gasteiger charge is 2.46. The second-order valence-corrected chi connectivity index (χ2v) is 6.03. The number of anilines is 1. The first-order chi connectivity index (χ1) is 11.3. The SMILES string of the molecule is COc1ccc(C2CC2C(=O)N2CCOc3ccccc32)cc1. The standard InChI is InChI=1S/C19H19NO3/c1-22-14-8-6-13(7-9-14)15-12-16(15)19(21)20-10-11-23-18-5-3-2-4-17(18)20/h2-9,15-16H,10-12H2,1H3. The molecule has 1 saturated carbocycles. The van der Waals surface area contributed by atoms with E-state index in [0.717, 1.165) is 23.6 Å². The van der Waals surface area contributed by atoms with Crippen molar-refractivity contribution >= 4 is 11.6 Å². The van der Waals surface area contributed by atoms with Crippen LogP contribution in [0.25, 0.3) is 0 Å². The first-order valence-corrected chi connectivity index (χ1v) is 7.95. The molecule has 2 unspecified atom stereocenters. The molecule has 1 aliphatic heterocycles. The third-order valence-corrected chi connectivity index (χ3v) is 4.65.